The minimum atomic E-state index is 0.800. The summed E-state index contributed by atoms with van der Waals surface area (Å²) in [7, 11) is 0. The van der Waals surface area contributed by atoms with Crippen molar-refractivity contribution >= 4 is 27.5 Å². The zero-order valence-electron chi connectivity index (χ0n) is 9.47. The van der Waals surface area contributed by atoms with Gasteiger partial charge in [-0.05, 0) is 48.9 Å². The van der Waals surface area contributed by atoms with Gasteiger partial charge in [0.2, 0.25) is 0 Å². The second-order valence-electron chi connectivity index (χ2n) is 4.68. The molecule has 2 rings (SSSR count). The summed E-state index contributed by atoms with van der Waals surface area (Å²) in [6.45, 7) is 4.29. The highest BCUT2D eigenvalue weighted by atomic mass is 79.9. The van der Waals surface area contributed by atoms with Gasteiger partial charge in [0.25, 0.3) is 0 Å². The van der Waals surface area contributed by atoms with Crippen molar-refractivity contribution in [3.63, 3.8) is 0 Å². The van der Waals surface area contributed by atoms with Gasteiger partial charge >= 0.3 is 0 Å². The third-order valence-corrected chi connectivity index (χ3v) is 4.07. The van der Waals surface area contributed by atoms with Gasteiger partial charge in [0, 0.05) is 16.0 Å². The lowest BCUT2D eigenvalue weighted by Crippen LogP contribution is -2.21. The third kappa shape index (κ3) is 3.47. The van der Waals surface area contributed by atoms with Crippen LogP contribution in [0.2, 0.25) is 5.02 Å². The smallest absolute Gasteiger partial charge is 0.0462 e. The molecule has 1 aliphatic carbocycles. The first-order valence-corrected chi connectivity index (χ1v) is 6.98. The summed E-state index contributed by atoms with van der Waals surface area (Å²) >= 11 is 9.56. The van der Waals surface area contributed by atoms with Crippen LogP contribution in [0.15, 0.2) is 22.7 Å². The summed E-state index contributed by atoms with van der Waals surface area (Å²) in [6, 6.07) is 6.05. The Kier molecular flexibility index (Phi) is 4.28. The Morgan fingerprint density at radius 2 is 2.25 bits per heavy atom. The predicted octanol–water partition coefficient (Wildman–Crippen LogP) is 4.24. The normalized spacial score (nSPS) is 17.4. The third-order valence-electron chi connectivity index (χ3n) is 3.22. The van der Waals surface area contributed by atoms with Crippen molar-refractivity contribution in [3.8, 4) is 0 Å². The molecule has 1 unspecified atom stereocenters. The maximum atomic E-state index is 6.15. The molecule has 0 radical (unpaired) electrons. The molecule has 1 aliphatic rings. The minimum absolute atomic E-state index is 0.800. The molecule has 1 atom stereocenters. The minimum Gasteiger partial charge on any atom is -0.312 e. The molecule has 1 fully saturated rings. The van der Waals surface area contributed by atoms with Crippen LogP contribution in [0.3, 0.4) is 0 Å². The van der Waals surface area contributed by atoms with E-state index in [1.807, 2.05) is 12.1 Å². The fourth-order valence-electron chi connectivity index (χ4n) is 1.93. The van der Waals surface area contributed by atoms with Gasteiger partial charge < -0.3 is 5.32 Å². The first-order valence-electron chi connectivity index (χ1n) is 5.81. The van der Waals surface area contributed by atoms with Crippen molar-refractivity contribution in [3.05, 3.63) is 33.3 Å². The van der Waals surface area contributed by atoms with E-state index in [9.17, 15) is 0 Å². The molecule has 0 spiro atoms. The van der Waals surface area contributed by atoms with Crippen LogP contribution in [0.1, 0.15) is 25.3 Å². The molecule has 1 aromatic rings. The van der Waals surface area contributed by atoms with Gasteiger partial charge in [0.15, 0.2) is 0 Å². The second kappa shape index (κ2) is 5.52. The first-order chi connectivity index (χ1) is 7.66. The summed E-state index contributed by atoms with van der Waals surface area (Å²) in [5.74, 6) is 1.77. The Morgan fingerprint density at radius 1 is 1.50 bits per heavy atom. The average molecular weight is 303 g/mol. The highest BCUT2D eigenvalue weighted by Crippen LogP contribution is 2.36. The van der Waals surface area contributed by atoms with Crippen LogP contribution >= 0.6 is 27.5 Å². The maximum absolute atomic E-state index is 6.15. The largest absolute Gasteiger partial charge is 0.312 e. The predicted molar refractivity (Wildman–Crippen MR) is 72.7 cm³/mol. The van der Waals surface area contributed by atoms with Crippen LogP contribution in [0.4, 0.5) is 0 Å². The molecule has 0 bridgehead atoms. The summed E-state index contributed by atoms with van der Waals surface area (Å²) in [5, 5.41) is 4.32. The monoisotopic (exact) mass is 301 g/mol. The Bertz CT molecular complexity index is 363. The number of nitrogens with one attached hydrogen (secondary N) is 1. The molecular formula is C13H17BrClN. The summed E-state index contributed by atoms with van der Waals surface area (Å²) in [5.41, 5.74) is 1.17. The van der Waals surface area contributed by atoms with Crippen LogP contribution in [0.25, 0.3) is 0 Å². The van der Waals surface area contributed by atoms with Gasteiger partial charge in [-0.3, -0.25) is 0 Å². The van der Waals surface area contributed by atoms with Crippen molar-refractivity contribution in [2.24, 2.45) is 11.8 Å². The lowest BCUT2D eigenvalue weighted by atomic mass is 10.1. The summed E-state index contributed by atoms with van der Waals surface area (Å²) < 4.78 is 1.03. The fraction of sp³-hybridized carbons (Fsp3) is 0.538. The van der Waals surface area contributed by atoms with E-state index in [1.54, 1.807) is 0 Å². The standard InChI is InChI=1S/C13H17BrClN/c1-9(10-2-3-10)7-16-8-11-4-5-12(14)6-13(11)15/h4-6,9-10,16H,2-3,7-8H2,1H3. The zero-order valence-corrected chi connectivity index (χ0v) is 11.8. The second-order valence-corrected chi connectivity index (χ2v) is 6.00. The van der Waals surface area contributed by atoms with E-state index in [2.05, 4.69) is 34.2 Å². The number of hydrogen-bond donors (Lipinski definition) is 1. The molecule has 3 heteroatoms. The molecule has 16 heavy (non-hydrogen) atoms. The zero-order chi connectivity index (χ0) is 11.5. The van der Waals surface area contributed by atoms with Crippen LogP contribution in [0.5, 0.6) is 0 Å². The van der Waals surface area contributed by atoms with Crippen molar-refractivity contribution in [1.82, 2.24) is 5.32 Å². The van der Waals surface area contributed by atoms with Crippen LogP contribution in [-0.4, -0.2) is 6.54 Å². The molecule has 0 saturated heterocycles. The van der Waals surface area contributed by atoms with Gasteiger partial charge in [-0.25, -0.2) is 0 Å². The SMILES string of the molecule is CC(CNCc1ccc(Br)cc1Cl)C1CC1. The van der Waals surface area contributed by atoms with E-state index in [0.29, 0.717) is 0 Å². The van der Waals surface area contributed by atoms with E-state index >= 15 is 0 Å². The highest BCUT2D eigenvalue weighted by molar-refractivity contribution is 9.10. The molecule has 1 saturated carbocycles. The maximum Gasteiger partial charge on any atom is 0.0462 e. The molecule has 0 amide bonds. The summed E-state index contributed by atoms with van der Waals surface area (Å²) in [6.07, 6.45) is 2.84. The van der Waals surface area contributed by atoms with Crippen LogP contribution < -0.4 is 5.32 Å². The van der Waals surface area contributed by atoms with E-state index in [-0.39, 0.29) is 0 Å². The Morgan fingerprint density at radius 3 is 2.88 bits per heavy atom. The number of benzene rings is 1. The van der Waals surface area contributed by atoms with E-state index in [0.717, 1.165) is 34.4 Å². The van der Waals surface area contributed by atoms with Crippen molar-refractivity contribution in [2.75, 3.05) is 6.54 Å². The topological polar surface area (TPSA) is 12.0 Å². The number of halogens is 2. The summed E-state index contributed by atoms with van der Waals surface area (Å²) in [4.78, 5) is 0. The van der Waals surface area contributed by atoms with Gasteiger partial charge in [-0.2, -0.15) is 0 Å². The number of rotatable bonds is 5. The highest BCUT2D eigenvalue weighted by Gasteiger charge is 2.27. The molecule has 1 nitrogen and oxygen atoms in total. The first kappa shape index (κ1) is 12.4. The van der Waals surface area contributed by atoms with Gasteiger partial charge in [-0.1, -0.05) is 40.5 Å². The fourth-order valence-corrected chi connectivity index (χ4v) is 2.67. The van der Waals surface area contributed by atoms with E-state index in [4.69, 9.17) is 11.6 Å². The van der Waals surface area contributed by atoms with Crippen LogP contribution in [0, 0.1) is 11.8 Å². The molecule has 0 heterocycles. The quantitative estimate of drug-likeness (QED) is 0.858. The van der Waals surface area contributed by atoms with Crippen molar-refractivity contribution in [1.29, 1.82) is 0 Å². The number of hydrogen-bond acceptors (Lipinski definition) is 1. The van der Waals surface area contributed by atoms with Crippen LogP contribution in [-0.2, 0) is 6.54 Å². The lowest BCUT2D eigenvalue weighted by Gasteiger charge is -2.12. The van der Waals surface area contributed by atoms with Crippen molar-refractivity contribution in [2.45, 2.75) is 26.3 Å². The van der Waals surface area contributed by atoms with Gasteiger partial charge in [0.05, 0.1) is 0 Å². The average Bonchev–Trinajstić information content (AvgIpc) is 3.04. The molecular weight excluding hydrogens is 286 g/mol. The lowest BCUT2D eigenvalue weighted by molar-refractivity contribution is 0.461. The molecule has 0 aromatic heterocycles. The van der Waals surface area contributed by atoms with Gasteiger partial charge in [0.1, 0.15) is 0 Å². The molecule has 0 aliphatic heterocycles. The van der Waals surface area contributed by atoms with Gasteiger partial charge in [-0.15, -0.1) is 0 Å². The van der Waals surface area contributed by atoms with E-state index in [1.165, 1.54) is 18.4 Å². The van der Waals surface area contributed by atoms with E-state index < -0.39 is 0 Å². The molecule has 1 N–H and O–H groups in total. The van der Waals surface area contributed by atoms with Crippen molar-refractivity contribution < 1.29 is 0 Å². The molecule has 1 aromatic carbocycles. The Hall–Kier alpha value is -0.0500. The Balaban J connectivity index is 1.80. The molecule has 88 valence electrons. The Labute approximate surface area is 111 Å².